The fraction of sp³-hybridized carbons (Fsp3) is 0.520. The van der Waals surface area contributed by atoms with E-state index < -0.39 is 0 Å². The Bertz CT molecular complexity index is 1030. The van der Waals surface area contributed by atoms with E-state index in [0.717, 1.165) is 61.7 Å². The molecule has 2 aromatic heterocycles. The molecule has 3 N–H and O–H groups in total. The van der Waals surface area contributed by atoms with Crippen molar-refractivity contribution in [3.63, 3.8) is 0 Å². The number of benzene rings is 1. The summed E-state index contributed by atoms with van der Waals surface area (Å²) in [5.74, 6) is 2.07. The first-order valence-corrected chi connectivity index (χ1v) is 16.2. The van der Waals surface area contributed by atoms with Crippen molar-refractivity contribution < 1.29 is 14.6 Å². The first-order chi connectivity index (χ1) is 17.4. The van der Waals surface area contributed by atoms with Gasteiger partial charge in [-0.3, -0.25) is 4.34 Å². The number of unbranched alkanes of at least 4 members (excludes halogenated alkanes) is 4. The molecule has 3 aromatic rings. The second kappa shape index (κ2) is 17.4. The average Bonchev–Trinajstić information content (AvgIpc) is 3.29. The number of carbonyl (C=O) groups is 1. The number of aliphatic hydroxyl groups excluding tert-OH is 1. The largest absolute Gasteiger partial charge is 0.494 e. The van der Waals surface area contributed by atoms with Gasteiger partial charge in [0.15, 0.2) is 17.0 Å². The Hall–Kier alpha value is -2.04. The Morgan fingerprint density at radius 3 is 2.36 bits per heavy atom. The minimum Gasteiger partial charge on any atom is -0.494 e. The number of fused-ring (bicyclic) bond motifs is 1. The summed E-state index contributed by atoms with van der Waals surface area (Å²) >= 11 is 2.32. The van der Waals surface area contributed by atoms with Gasteiger partial charge in [0.25, 0.3) is 0 Å². The molecule has 0 bridgehead atoms. The molecule has 11 heteroatoms. The number of carbonyl (C=O) groups excluding carboxylic acids is 1. The fourth-order valence-electron chi connectivity index (χ4n) is 3.10. The maximum atomic E-state index is 10.3. The number of ether oxygens (including phenoxy) is 1. The van der Waals surface area contributed by atoms with Gasteiger partial charge in [0.2, 0.25) is 5.95 Å². The van der Waals surface area contributed by atoms with Crippen LogP contribution in [0.25, 0.3) is 11.2 Å². The third-order valence-electron chi connectivity index (χ3n) is 4.58. The average molecular weight is 631 g/mol. The number of nitrogens with zero attached hydrogens (tertiary/aromatic N) is 4. The summed E-state index contributed by atoms with van der Waals surface area (Å²) in [5, 5.41) is 13.7. The van der Waals surface area contributed by atoms with Crippen molar-refractivity contribution in [2.24, 2.45) is 0 Å². The van der Waals surface area contributed by atoms with Crippen LogP contribution in [-0.4, -0.2) is 49.9 Å². The number of halogens is 1. The number of aldehydes is 1. The summed E-state index contributed by atoms with van der Waals surface area (Å²) < 4.78 is 7.84. The van der Waals surface area contributed by atoms with Gasteiger partial charge in [-0.05, 0) is 79.9 Å². The molecule has 1 unspecified atom stereocenters. The molecule has 200 valence electrons. The minimum absolute atomic E-state index is 0.150. The maximum absolute atomic E-state index is 10.3. The number of anilines is 3. The quantitative estimate of drug-likeness (QED) is 0.0874. The molecule has 3 rings (SSSR count). The second-order valence-electron chi connectivity index (χ2n) is 8.51. The van der Waals surface area contributed by atoms with E-state index in [1.165, 1.54) is 0 Å². The molecule has 36 heavy (non-hydrogen) atoms. The summed E-state index contributed by atoms with van der Waals surface area (Å²) in [6, 6.07) is 7.80. The Balaban J connectivity index is 0.00000154. The van der Waals surface area contributed by atoms with Gasteiger partial charge in [0.05, 0.1) is 13.0 Å². The molecule has 0 saturated carbocycles. The molecule has 0 radical (unpaired) electrons. The van der Waals surface area contributed by atoms with Crippen LogP contribution in [0, 0.1) is 0 Å². The van der Waals surface area contributed by atoms with Gasteiger partial charge in [-0.15, -0.1) is 0 Å². The lowest BCUT2D eigenvalue weighted by Crippen LogP contribution is -2.27. The molecule has 9 nitrogen and oxygen atoms in total. The predicted molar refractivity (Wildman–Crippen MR) is 160 cm³/mol. The van der Waals surface area contributed by atoms with Crippen molar-refractivity contribution in [1.29, 1.82) is 0 Å². The lowest BCUT2D eigenvalue weighted by atomic mass is 10.1. The van der Waals surface area contributed by atoms with Gasteiger partial charge in [-0.2, -0.15) is 9.97 Å². The third kappa shape index (κ3) is 10.9. The van der Waals surface area contributed by atoms with Crippen molar-refractivity contribution in [3.05, 3.63) is 30.6 Å². The second-order valence-corrected chi connectivity index (χ2v) is 10.6. The van der Waals surface area contributed by atoms with Crippen molar-refractivity contribution in [2.75, 3.05) is 24.4 Å². The topological polar surface area (TPSA) is 114 Å². The summed E-state index contributed by atoms with van der Waals surface area (Å²) in [6.45, 7) is 11.0. The molecule has 0 spiro atoms. The van der Waals surface area contributed by atoms with Crippen molar-refractivity contribution in [3.8, 4) is 5.75 Å². The summed E-state index contributed by atoms with van der Waals surface area (Å²) in [5.41, 5.74) is 2.30. The number of hydrogen-bond acceptors (Lipinski definition) is 8. The van der Waals surface area contributed by atoms with Crippen LogP contribution in [0.15, 0.2) is 30.6 Å². The van der Waals surface area contributed by atoms with Crippen LogP contribution in [-0.2, 0) is 4.79 Å². The highest BCUT2D eigenvalue weighted by molar-refractivity contribution is 14.2. The van der Waals surface area contributed by atoms with Crippen LogP contribution >= 0.6 is 28.4 Å². The molecule has 2 heterocycles. The lowest BCUT2D eigenvalue weighted by molar-refractivity contribution is -0.107. The number of rotatable bonds is 12. The number of aliphatic hydroxyl groups is 1. The van der Waals surface area contributed by atoms with Crippen molar-refractivity contribution in [2.45, 2.75) is 72.3 Å². The Morgan fingerprint density at radius 1 is 1.08 bits per heavy atom. The molecule has 1 aromatic carbocycles. The van der Waals surface area contributed by atoms with E-state index in [0.29, 0.717) is 31.2 Å². The molecule has 0 aliphatic heterocycles. The van der Waals surface area contributed by atoms with Gasteiger partial charge in [0.1, 0.15) is 18.4 Å². The number of nitrogens with one attached hydrogen (secondary N) is 2. The van der Waals surface area contributed by atoms with E-state index >= 15 is 0 Å². The van der Waals surface area contributed by atoms with E-state index in [4.69, 9.17) is 14.8 Å². The van der Waals surface area contributed by atoms with Crippen LogP contribution in [0.1, 0.15) is 66.7 Å². The molecular formula is C25H40IN6O3P. The molecule has 0 saturated heterocycles. The zero-order valence-electron chi connectivity index (χ0n) is 22.1. The van der Waals surface area contributed by atoms with E-state index in [1.807, 2.05) is 42.5 Å². The normalized spacial score (nSPS) is 10.9. The summed E-state index contributed by atoms with van der Waals surface area (Å²) in [7, 11) is 1.00. The maximum Gasteiger partial charge on any atom is 0.231 e. The SMILES string of the molecule is CC.CC(C)(C)Nc1nc(Nc2ccc(OCCCCCCC=O)cc2)nc2c1ncn2PI.CO. The highest BCUT2D eigenvalue weighted by Crippen LogP contribution is 2.32. The fourth-order valence-corrected chi connectivity index (χ4v) is 4.49. The summed E-state index contributed by atoms with van der Waals surface area (Å²) in [4.78, 5) is 24.2. The molecule has 0 aliphatic carbocycles. The highest BCUT2D eigenvalue weighted by atomic mass is 127. The number of hydrogen-bond donors (Lipinski definition) is 3. The Kier molecular flexibility index (Phi) is 15.5. The van der Waals surface area contributed by atoms with E-state index in [2.05, 4.69) is 63.4 Å². The Morgan fingerprint density at radius 2 is 1.75 bits per heavy atom. The monoisotopic (exact) mass is 630 g/mol. The molecule has 0 fully saturated rings. The van der Waals surface area contributed by atoms with E-state index in [9.17, 15) is 4.79 Å². The van der Waals surface area contributed by atoms with Crippen molar-refractivity contribution in [1.82, 2.24) is 19.3 Å². The molecule has 1 atom stereocenters. The minimum atomic E-state index is -0.150. The lowest BCUT2D eigenvalue weighted by Gasteiger charge is -2.21. The highest BCUT2D eigenvalue weighted by Gasteiger charge is 2.18. The van der Waals surface area contributed by atoms with E-state index in [1.54, 1.807) is 6.33 Å². The van der Waals surface area contributed by atoms with Gasteiger partial charge in [-0.25, -0.2) is 4.98 Å². The summed E-state index contributed by atoms with van der Waals surface area (Å²) in [6.07, 6.45) is 8.03. The van der Waals surface area contributed by atoms with Crippen LogP contribution in [0.5, 0.6) is 5.75 Å². The van der Waals surface area contributed by atoms with Gasteiger partial charge in [0, 0.05) is 24.8 Å². The van der Waals surface area contributed by atoms with Crippen LogP contribution < -0.4 is 15.4 Å². The van der Waals surface area contributed by atoms with E-state index in [-0.39, 0.29) is 5.54 Å². The predicted octanol–water partition coefficient (Wildman–Crippen LogP) is 6.73. The van der Waals surface area contributed by atoms with Crippen molar-refractivity contribution >= 4 is 63.3 Å². The zero-order chi connectivity index (χ0) is 27.0. The van der Waals surface area contributed by atoms with Crippen LogP contribution in [0.2, 0.25) is 0 Å². The molecule has 0 amide bonds. The number of imidazole rings is 1. The van der Waals surface area contributed by atoms with Crippen LogP contribution in [0.3, 0.4) is 0 Å². The van der Waals surface area contributed by atoms with Crippen LogP contribution in [0.4, 0.5) is 17.5 Å². The first kappa shape index (κ1) is 32.0. The molecular weight excluding hydrogens is 590 g/mol. The van der Waals surface area contributed by atoms with Gasteiger partial charge in [-0.1, -0.05) is 26.7 Å². The number of aromatic nitrogens is 4. The van der Waals surface area contributed by atoms with Gasteiger partial charge >= 0.3 is 0 Å². The zero-order valence-corrected chi connectivity index (χ0v) is 25.3. The smallest absolute Gasteiger partial charge is 0.231 e. The third-order valence-corrected chi connectivity index (χ3v) is 6.64. The standard InChI is InChI=1S/C22H30IN6O2P.C2H6.CH4O/c1-22(2,3)28-19-18-20(29(32-23)15-24-18)27-21(26-19)25-16-9-11-17(12-10-16)31-14-8-6-4-5-7-13-30;2*1-2/h9-13,15,32H,4-8,14H2,1-3H3,(H2,25,26,27,28);1-2H3;2H,1H3. The first-order valence-electron chi connectivity index (χ1n) is 12.2. The Labute approximate surface area is 229 Å². The molecule has 0 aliphatic rings. The van der Waals surface area contributed by atoms with Gasteiger partial charge < -0.3 is 25.3 Å².